The van der Waals surface area contributed by atoms with Gasteiger partial charge in [-0.3, -0.25) is 9.96 Å². The summed E-state index contributed by atoms with van der Waals surface area (Å²) in [6.45, 7) is 0. The van der Waals surface area contributed by atoms with Gasteiger partial charge in [0.2, 0.25) is 0 Å². The fraction of sp³-hybridized carbons (Fsp3) is 0.364. The number of anilines is 1. The molecule has 0 aliphatic rings. The molecule has 0 aromatic heterocycles. The standard InChI is InChI=1S/C11H16N2O3S2/c1-13(10-6-3-2-4-7-10)11(12)17-8-5-9-18(14,15)16/h2-4,6-7,12H,5,8-9H2,1H3,(H,14,15,16). The van der Waals surface area contributed by atoms with Crippen LogP contribution in [0.5, 0.6) is 0 Å². The van der Waals surface area contributed by atoms with E-state index in [2.05, 4.69) is 0 Å². The molecule has 0 aliphatic carbocycles. The van der Waals surface area contributed by atoms with Gasteiger partial charge in [-0.25, -0.2) is 0 Å². The van der Waals surface area contributed by atoms with E-state index in [1.807, 2.05) is 30.3 Å². The Hall–Kier alpha value is -1.05. The molecule has 0 bridgehead atoms. The van der Waals surface area contributed by atoms with Crippen molar-refractivity contribution >= 4 is 32.7 Å². The van der Waals surface area contributed by atoms with Gasteiger partial charge in [0, 0.05) is 18.5 Å². The van der Waals surface area contributed by atoms with Gasteiger partial charge in [0.15, 0.2) is 5.17 Å². The van der Waals surface area contributed by atoms with Gasteiger partial charge >= 0.3 is 0 Å². The van der Waals surface area contributed by atoms with Gasteiger partial charge in [0.25, 0.3) is 10.1 Å². The van der Waals surface area contributed by atoms with Gasteiger partial charge in [-0.1, -0.05) is 30.0 Å². The number of hydrogen-bond acceptors (Lipinski definition) is 4. The van der Waals surface area contributed by atoms with Crippen molar-refractivity contribution in [2.45, 2.75) is 6.42 Å². The van der Waals surface area contributed by atoms with Crippen molar-refractivity contribution in [3.8, 4) is 0 Å². The summed E-state index contributed by atoms with van der Waals surface area (Å²) in [6.07, 6.45) is 0.328. The van der Waals surface area contributed by atoms with E-state index >= 15 is 0 Å². The number of nitrogens with zero attached hydrogens (tertiary/aromatic N) is 1. The van der Waals surface area contributed by atoms with Crippen molar-refractivity contribution < 1.29 is 13.0 Å². The highest BCUT2D eigenvalue weighted by Crippen LogP contribution is 2.16. The van der Waals surface area contributed by atoms with Crippen molar-refractivity contribution in [3.05, 3.63) is 30.3 Å². The summed E-state index contributed by atoms with van der Waals surface area (Å²) in [5.41, 5.74) is 0.907. The lowest BCUT2D eigenvalue weighted by atomic mass is 10.3. The van der Waals surface area contributed by atoms with Crippen molar-refractivity contribution in [3.63, 3.8) is 0 Å². The molecule has 0 fully saturated rings. The van der Waals surface area contributed by atoms with E-state index in [0.717, 1.165) is 5.69 Å². The first-order valence-electron chi connectivity index (χ1n) is 5.35. The van der Waals surface area contributed by atoms with Crippen LogP contribution in [0.25, 0.3) is 0 Å². The first-order valence-corrected chi connectivity index (χ1v) is 7.95. The van der Waals surface area contributed by atoms with Crippen LogP contribution in [-0.4, -0.2) is 36.7 Å². The second kappa shape index (κ2) is 6.77. The molecule has 0 spiro atoms. The zero-order chi connectivity index (χ0) is 13.6. The van der Waals surface area contributed by atoms with Crippen LogP contribution in [0.1, 0.15) is 6.42 Å². The number of nitrogens with one attached hydrogen (secondary N) is 1. The van der Waals surface area contributed by atoms with Crippen LogP contribution in [0.3, 0.4) is 0 Å². The topological polar surface area (TPSA) is 81.5 Å². The molecular weight excluding hydrogens is 272 g/mol. The molecule has 0 atom stereocenters. The van der Waals surface area contributed by atoms with Crippen LogP contribution in [0.15, 0.2) is 30.3 Å². The Balaban J connectivity index is 2.38. The first kappa shape index (κ1) is 15.0. The van der Waals surface area contributed by atoms with E-state index in [4.69, 9.17) is 9.96 Å². The predicted molar refractivity (Wildman–Crippen MR) is 76.1 cm³/mol. The molecular formula is C11H16N2O3S2. The summed E-state index contributed by atoms with van der Waals surface area (Å²) in [5.74, 6) is 0.220. The fourth-order valence-corrected chi connectivity index (χ4v) is 2.75. The minimum atomic E-state index is -3.89. The molecule has 18 heavy (non-hydrogen) atoms. The molecule has 0 radical (unpaired) electrons. The zero-order valence-electron chi connectivity index (χ0n) is 10.0. The maximum atomic E-state index is 10.5. The molecule has 0 amide bonds. The van der Waals surface area contributed by atoms with Gasteiger partial charge in [-0.2, -0.15) is 8.42 Å². The van der Waals surface area contributed by atoms with Gasteiger partial charge in [0.1, 0.15) is 0 Å². The molecule has 7 heteroatoms. The van der Waals surface area contributed by atoms with Gasteiger partial charge in [-0.15, -0.1) is 0 Å². The average molecular weight is 288 g/mol. The van der Waals surface area contributed by atoms with E-state index in [0.29, 0.717) is 17.3 Å². The van der Waals surface area contributed by atoms with E-state index in [9.17, 15) is 8.42 Å². The summed E-state index contributed by atoms with van der Waals surface area (Å²) >= 11 is 1.25. The molecule has 0 aliphatic heterocycles. The average Bonchev–Trinajstić information content (AvgIpc) is 2.33. The summed E-state index contributed by atoms with van der Waals surface area (Å²) in [5, 5.41) is 8.19. The molecule has 0 heterocycles. The molecule has 0 saturated carbocycles. The molecule has 5 nitrogen and oxygen atoms in total. The second-order valence-electron chi connectivity index (χ2n) is 3.69. The van der Waals surface area contributed by atoms with Crippen LogP contribution in [0.2, 0.25) is 0 Å². The molecule has 2 N–H and O–H groups in total. The largest absolute Gasteiger partial charge is 0.324 e. The zero-order valence-corrected chi connectivity index (χ0v) is 11.7. The summed E-state index contributed by atoms with van der Waals surface area (Å²) in [6, 6.07) is 9.48. The Labute approximate surface area is 111 Å². The molecule has 1 rings (SSSR count). The quantitative estimate of drug-likeness (QED) is 0.375. The van der Waals surface area contributed by atoms with Crippen LogP contribution in [0, 0.1) is 5.41 Å². The minimum absolute atomic E-state index is 0.262. The number of rotatable bonds is 5. The normalized spacial score (nSPS) is 11.2. The first-order chi connectivity index (χ1) is 8.40. The third-order valence-corrected chi connectivity index (χ3v) is 4.08. The van der Waals surface area contributed by atoms with Gasteiger partial charge < -0.3 is 4.90 Å². The lowest BCUT2D eigenvalue weighted by molar-refractivity contribution is 0.482. The lowest BCUT2D eigenvalue weighted by Crippen LogP contribution is -2.22. The third-order valence-electron chi connectivity index (χ3n) is 2.23. The second-order valence-corrected chi connectivity index (χ2v) is 6.34. The summed E-state index contributed by atoms with van der Waals surface area (Å²) in [4.78, 5) is 1.72. The van der Waals surface area contributed by atoms with Gasteiger partial charge in [0.05, 0.1) is 5.75 Å². The van der Waals surface area contributed by atoms with E-state index in [1.54, 1.807) is 11.9 Å². The number of hydrogen-bond donors (Lipinski definition) is 2. The van der Waals surface area contributed by atoms with Crippen molar-refractivity contribution in [2.24, 2.45) is 0 Å². The van der Waals surface area contributed by atoms with Crippen molar-refractivity contribution in [1.82, 2.24) is 0 Å². The highest BCUT2D eigenvalue weighted by atomic mass is 32.2. The SMILES string of the molecule is CN(C(=N)SCCCS(=O)(=O)O)c1ccccc1. The van der Waals surface area contributed by atoms with Crippen LogP contribution < -0.4 is 4.90 Å². The lowest BCUT2D eigenvalue weighted by Gasteiger charge is -2.19. The Morgan fingerprint density at radius 2 is 2.00 bits per heavy atom. The van der Waals surface area contributed by atoms with E-state index < -0.39 is 10.1 Å². The van der Waals surface area contributed by atoms with E-state index in [-0.39, 0.29) is 5.75 Å². The molecule has 0 unspecified atom stereocenters. The van der Waals surface area contributed by atoms with Crippen molar-refractivity contribution in [1.29, 1.82) is 5.41 Å². The third kappa shape index (κ3) is 5.52. The Morgan fingerprint density at radius 1 is 1.39 bits per heavy atom. The maximum absolute atomic E-state index is 10.5. The number of para-hydroxylation sites is 1. The van der Waals surface area contributed by atoms with Crippen LogP contribution in [-0.2, 0) is 10.1 Å². The molecule has 1 aromatic carbocycles. The predicted octanol–water partition coefficient (Wildman–Crippen LogP) is 2.07. The minimum Gasteiger partial charge on any atom is -0.324 e. The Morgan fingerprint density at radius 3 is 2.56 bits per heavy atom. The number of amidine groups is 1. The molecule has 1 aromatic rings. The van der Waals surface area contributed by atoms with Crippen molar-refractivity contribution in [2.75, 3.05) is 23.5 Å². The Kier molecular flexibility index (Phi) is 5.64. The maximum Gasteiger partial charge on any atom is 0.264 e. The van der Waals surface area contributed by atoms with E-state index in [1.165, 1.54) is 11.8 Å². The van der Waals surface area contributed by atoms with Gasteiger partial charge in [-0.05, 0) is 18.6 Å². The summed E-state index contributed by atoms with van der Waals surface area (Å²) < 4.78 is 29.6. The Bertz CT molecular complexity index is 488. The fourth-order valence-electron chi connectivity index (χ4n) is 1.28. The number of benzene rings is 1. The number of thioether (sulfide) groups is 1. The van der Waals surface area contributed by atoms with Crippen LogP contribution in [0.4, 0.5) is 5.69 Å². The molecule has 100 valence electrons. The highest BCUT2D eigenvalue weighted by molar-refractivity contribution is 8.14. The smallest absolute Gasteiger partial charge is 0.264 e. The highest BCUT2D eigenvalue weighted by Gasteiger charge is 2.08. The molecule has 0 saturated heterocycles. The summed E-state index contributed by atoms with van der Waals surface area (Å²) in [7, 11) is -2.11. The van der Waals surface area contributed by atoms with Crippen LogP contribution >= 0.6 is 11.8 Å². The monoisotopic (exact) mass is 288 g/mol.